The number of nitrogens with one attached hydrogen (secondary N) is 2. The maximum Gasteiger partial charge on any atom is 0.320 e. The number of carbonyl (C=O) groups is 2. The summed E-state index contributed by atoms with van der Waals surface area (Å²) >= 11 is 0. The first kappa shape index (κ1) is 13.9. The van der Waals surface area contributed by atoms with Crippen LogP contribution in [0, 0.1) is 0 Å². The van der Waals surface area contributed by atoms with Crippen LogP contribution in [0.4, 0.5) is 0 Å². The van der Waals surface area contributed by atoms with Crippen LogP contribution in [0.2, 0.25) is 0 Å². The molecule has 0 spiro atoms. The fourth-order valence-electron chi connectivity index (χ4n) is 0.910. The van der Waals surface area contributed by atoms with Crippen LogP contribution in [0.15, 0.2) is 0 Å². The molecule has 0 aliphatic heterocycles. The van der Waals surface area contributed by atoms with E-state index in [4.69, 9.17) is 4.74 Å². The van der Waals surface area contributed by atoms with E-state index in [1.54, 1.807) is 13.8 Å². The third-order valence-corrected chi connectivity index (χ3v) is 1.49. The molecule has 5 nitrogen and oxygen atoms in total. The average molecular weight is 216 g/mol. The van der Waals surface area contributed by atoms with Crippen molar-refractivity contribution in [2.45, 2.75) is 33.3 Å². The van der Waals surface area contributed by atoms with Crippen molar-refractivity contribution in [1.29, 1.82) is 0 Å². The molecule has 0 rings (SSSR count). The Hall–Kier alpha value is -1.10. The topological polar surface area (TPSA) is 67.4 Å². The molecule has 0 unspecified atom stereocenters. The molecule has 0 bridgehead atoms. The Labute approximate surface area is 90.6 Å². The quantitative estimate of drug-likeness (QED) is 0.590. The SMILES string of the molecule is CCCNC(=O)CNCC(=O)OC(C)C. The van der Waals surface area contributed by atoms with Crippen molar-refractivity contribution in [2.24, 2.45) is 0 Å². The Balaban J connectivity index is 3.44. The Bertz CT molecular complexity index is 205. The third kappa shape index (κ3) is 9.21. The predicted octanol–water partition coefficient (Wildman–Crippen LogP) is 0.0538. The Morgan fingerprint density at radius 3 is 2.47 bits per heavy atom. The second kappa shape index (κ2) is 8.23. The van der Waals surface area contributed by atoms with Gasteiger partial charge >= 0.3 is 5.97 Å². The minimum absolute atomic E-state index is 0.0672. The molecule has 0 saturated carbocycles. The Morgan fingerprint density at radius 1 is 1.27 bits per heavy atom. The van der Waals surface area contributed by atoms with Crippen LogP contribution in [0.25, 0.3) is 0 Å². The van der Waals surface area contributed by atoms with E-state index >= 15 is 0 Å². The number of carbonyl (C=O) groups excluding carboxylic acids is 2. The predicted molar refractivity (Wildman–Crippen MR) is 57.4 cm³/mol. The molecule has 0 fully saturated rings. The van der Waals surface area contributed by atoms with Gasteiger partial charge in [0, 0.05) is 6.54 Å². The van der Waals surface area contributed by atoms with Gasteiger partial charge in [0.25, 0.3) is 0 Å². The highest BCUT2D eigenvalue weighted by Gasteiger charge is 2.05. The minimum atomic E-state index is -0.340. The molecule has 0 aromatic carbocycles. The zero-order valence-electron chi connectivity index (χ0n) is 9.63. The summed E-state index contributed by atoms with van der Waals surface area (Å²) in [7, 11) is 0. The van der Waals surface area contributed by atoms with Crippen LogP contribution < -0.4 is 10.6 Å². The largest absolute Gasteiger partial charge is 0.462 e. The Morgan fingerprint density at radius 2 is 1.93 bits per heavy atom. The van der Waals surface area contributed by atoms with Gasteiger partial charge in [-0.15, -0.1) is 0 Å². The molecule has 0 heterocycles. The second-order valence-corrected chi connectivity index (χ2v) is 3.49. The lowest BCUT2D eigenvalue weighted by Crippen LogP contribution is -2.37. The molecule has 0 aromatic heterocycles. The van der Waals surface area contributed by atoms with Crippen LogP contribution in [-0.2, 0) is 14.3 Å². The van der Waals surface area contributed by atoms with E-state index in [0.29, 0.717) is 6.54 Å². The molecule has 0 atom stereocenters. The third-order valence-electron chi connectivity index (χ3n) is 1.49. The van der Waals surface area contributed by atoms with Crippen molar-refractivity contribution >= 4 is 11.9 Å². The zero-order valence-corrected chi connectivity index (χ0v) is 9.63. The normalized spacial score (nSPS) is 10.1. The molecule has 0 aromatic rings. The maximum atomic E-state index is 11.1. The average Bonchev–Trinajstić information content (AvgIpc) is 2.13. The van der Waals surface area contributed by atoms with Gasteiger partial charge in [-0.05, 0) is 20.3 Å². The summed E-state index contributed by atoms with van der Waals surface area (Å²) in [4.78, 5) is 22.1. The molecule has 0 saturated heterocycles. The molecule has 0 radical (unpaired) electrons. The van der Waals surface area contributed by atoms with Gasteiger partial charge in [-0.25, -0.2) is 0 Å². The van der Waals surface area contributed by atoms with Crippen LogP contribution in [0.1, 0.15) is 27.2 Å². The van der Waals surface area contributed by atoms with E-state index in [0.717, 1.165) is 6.42 Å². The molecular formula is C10H20N2O3. The van der Waals surface area contributed by atoms with E-state index < -0.39 is 0 Å². The summed E-state index contributed by atoms with van der Waals surface area (Å²) in [5, 5.41) is 5.41. The van der Waals surface area contributed by atoms with Gasteiger partial charge in [0.05, 0.1) is 19.2 Å². The van der Waals surface area contributed by atoms with Crippen molar-refractivity contribution in [3.8, 4) is 0 Å². The smallest absolute Gasteiger partial charge is 0.320 e. The van der Waals surface area contributed by atoms with E-state index in [-0.39, 0.29) is 31.1 Å². The molecule has 5 heteroatoms. The van der Waals surface area contributed by atoms with Gasteiger partial charge in [0.15, 0.2) is 0 Å². The summed E-state index contributed by atoms with van der Waals surface area (Å²) in [6.45, 7) is 6.42. The lowest BCUT2D eigenvalue weighted by atomic mass is 10.4. The van der Waals surface area contributed by atoms with E-state index in [1.807, 2.05) is 6.92 Å². The maximum absolute atomic E-state index is 11.1. The van der Waals surface area contributed by atoms with Gasteiger partial charge in [-0.1, -0.05) is 6.92 Å². The highest BCUT2D eigenvalue weighted by molar-refractivity contribution is 5.79. The number of amides is 1. The molecule has 0 aliphatic carbocycles. The first-order chi connectivity index (χ1) is 7.06. The number of hydrogen-bond donors (Lipinski definition) is 2. The standard InChI is InChI=1S/C10H20N2O3/c1-4-5-12-9(13)6-11-7-10(14)15-8(2)3/h8,11H,4-7H2,1-3H3,(H,12,13). The zero-order chi connectivity index (χ0) is 11.7. The van der Waals surface area contributed by atoms with E-state index in [1.165, 1.54) is 0 Å². The van der Waals surface area contributed by atoms with Crippen molar-refractivity contribution in [2.75, 3.05) is 19.6 Å². The second-order valence-electron chi connectivity index (χ2n) is 3.49. The van der Waals surface area contributed by atoms with Crippen LogP contribution in [0.3, 0.4) is 0 Å². The molecule has 2 N–H and O–H groups in total. The van der Waals surface area contributed by atoms with Crippen LogP contribution in [-0.4, -0.2) is 37.6 Å². The number of esters is 1. The molecule has 1 amide bonds. The van der Waals surface area contributed by atoms with Crippen molar-refractivity contribution in [3.05, 3.63) is 0 Å². The first-order valence-corrected chi connectivity index (χ1v) is 5.23. The summed E-state index contributed by atoms with van der Waals surface area (Å²) < 4.78 is 4.88. The number of ether oxygens (including phenoxy) is 1. The molecule has 88 valence electrons. The van der Waals surface area contributed by atoms with Gasteiger partial charge in [0.1, 0.15) is 0 Å². The van der Waals surface area contributed by atoms with Crippen molar-refractivity contribution < 1.29 is 14.3 Å². The van der Waals surface area contributed by atoms with Crippen LogP contribution >= 0.6 is 0 Å². The fourth-order valence-corrected chi connectivity index (χ4v) is 0.910. The lowest BCUT2D eigenvalue weighted by Gasteiger charge is -2.08. The van der Waals surface area contributed by atoms with Gasteiger partial charge in [-0.3, -0.25) is 14.9 Å². The highest BCUT2D eigenvalue weighted by Crippen LogP contribution is 1.87. The first-order valence-electron chi connectivity index (χ1n) is 5.23. The summed E-state index contributed by atoms with van der Waals surface area (Å²) in [5.74, 6) is -0.442. The highest BCUT2D eigenvalue weighted by atomic mass is 16.5. The summed E-state index contributed by atoms with van der Waals surface area (Å²) in [6.07, 6.45) is 0.787. The van der Waals surface area contributed by atoms with Gasteiger partial charge < -0.3 is 10.1 Å². The molecule has 0 aliphatic rings. The Kier molecular flexibility index (Phi) is 7.62. The number of hydrogen-bond acceptors (Lipinski definition) is 4. The summed E-state index contributed by atoms with van der Waals surface area (Å²) in [6, 6.07) is 0. The minimum Gasteiger partial charge on any atom is -0.462 e. The van der Waals surface area contributed by atoms with Crippen molar-refractivity contribution in [1.82, 2.24) is 10.6 Å². The molecule has 15 heavy (non-hydrogen) atoms. The van der Waals surface area contributed by atoms with Crippen LogP contribution in [0.5, 0.6) is 0 Å². The van der Waals surface area contributed by atoms with Gasteiger partial charge in [-0.2, -0.15) is 0 Å². The van der Waals surface area contributed by atoms with Gasteiger partial charge in [0.2, 0.25) is 5.91 Å². The summed E-state index contributed by atoms with van der Waals surface area (Å²) in [5.41, 5.74) is 0. The van der Waals surface area contributed by atoms with E-state index in [2.05, 4.69) is 10.6 Å². The lowest BCUT2D eigenvalue weighted by molar-refractivity contribution is -0.146. The van der Waals surface area contributed by atoms with Crippen molar-refractivity contribution in [3.63, 3.8) is 0 Å². The molecular weight excluding hydrogens is 196 g/mol. The monoisotopic (exact) mass is 216 g/mol. The number of rotatable bonds is 7. The fraction of sp³-hybridized carbons (Fsp3) is 0.800. The van der Waals surface area contributed by atoms with E-state index in [9.17, 15) is 9.59 Å².